The van der Waals surface area contributed by atoms with Crippen LogP contribution >= 0.6 is 11.3 Å². The van der Waals surface area contributed by atoms with Crippen molar-refractivity contribution in [1.82, 2.24) is 4.98 Å². The van der Waals surface area contributed by atoms with Crippen LogP contribution in [-0.2, 0) is 9.53 Å². The Morgan fingerprint density at radius 3 is 2.94 bits per heavy atom. The molecule has 0 aromatic carbocycles. The first-order valence-corrected chi connectivity index (χ1v) is 5.96. The van der Waals surface area contributed by atoms with Crippen LogP contribution in [0.2, 0.25) is 0 Å². The lowest BCUT2D eigenvalue weighted by Gasteiger charge is -2.22. The van der Waals surface area contributed by atoms with Crippen LogP contribution in [0.3, 0.4) is 0 Å². The number of rotatable bonds is 6. The third-order valence-corrected chi connectivity index (χ3v) is 3.14. The molecular weight excluding hydrogens is 242 g/mol. The quantitative estimate of drug-likeness (QED) is 0.707. The first-order chi connectivity index (χ1) is 7.85. The molecule has 17 heavy (non-hydrogen) atoms. The summed E-state index contributed by atoms with van der Waals surface area (Å²) in [6.07, 6.45) is 0. The zero-order chi connectivity index (χ0) is 13.1. The Morgan fingerprint density at radius 1 is 1.76 bits per heavy atom. The maximum atomic E-state index is 10.7. The lowest BCUT2D eigenvalue weighted by Crippen LogP contribution is -2.32. The smallest absolute Gasteiger partial charge is 0.326 e. The number of nitrogens with one attached hydrogen (secondary N) is 1. The van der Waals surface area contributed by atoms with Crippen molar-refractivity contribution in [2.75, 3.05) is 19.0 Å². The molecule has 7 heteroatoms. The number of carbonyl (C=O) groups is 1. The van der Waals surface area contributed by atoms with Gasteiger partial charge in [0.15, 0.2) is 5.13 Å². The van der Waals surface area contributed by atoms with E-state index in [-0.39, 0.29) is 5.60 Å². The van der Waals surface area contributed by atoms with E-state index < -0.39 is 12.0 Å². The number of nitrogens with two attached hydrogens (primary N) is 1. The summed E-state index contributed by atoms with van der Waals surface area (Å²) in [5.41, 5.74) is 5.51. The Labute approximate surface area is 104 Å². The van der Waals surface area contributed by atoms with Gasteiger partial charge in [-0.15, -0.1) is 11.3 Å². The Morgan fingerprint density at radius 2 is 2.41 bits per heavy atom. The van der Waals surface area contributed by atoms with Crippen LogP contribution in [0.15, 0.2) is 5.38 Å². The summed E-state index contributed by atoms with van der Waals surface area (Å²) in [6.45, 7) is 4.47. The third-order valence-electron chi connectivity index (χ3n) is 2.32. The molecule has 0 aliphatic rings. The van der Waals surface area contributed by atoms with Gasteiger partial charge in [-0.3, -0.25) is 4.79 Å². The van der Waals surface area contributed by atoms with E-state index >= 15 is 0 Å². The van der Waals surface area contributed by atoms with Crippen LogP contribution in [0.4, 0.5) is 5.13 Å². The molecule has 0 radical (unpaired) electrons. The Hall–Kier alpha value is -1.18. The number of thiazole rings is 1. The van der Waals surface area contributed by atoms with Crippen molar-refractivity contribution in [2.24, 2.45) is 5.73 Å². The van der Waals surface area contributed by atoms with Gasteiger partial charge in [0.05, 0.1) is 11.3 Å². The topological polar surface area (TPSA) is 97.5 Å². The maximum Gasteiger partial charge on any atom is 0.326 e. The normalized spacial score (nSPS) is 13.4. The summed E-state index contributed by atoms with van der Waals surface area (Å²) in [4.78, 5) is 14.8. The molecule has 6 nitrogen and oxygen atoms in total. The number of methoxy groups -OCH3 is 1. The number of hydrogen-bond acceptors (Lipinski definition) is 6. The van der Waals surface area contributed by atoms with E-state index in [0.717, 1.165) is 0 Å². The van der Waals surface area contributed by atoms with Crippen molar-refractivity contribution >= 4 is 22.4 Å². The fraction of sp³-hybridized carbons (Fsp3) is 0.600. The number of hydrogen-bond donors (Lipinski definition) is 3. The second kappa shape index (κ2) is 5.44. The molecule has 1 unspecified atom stereocenters. The highest BCUT2D eigenvalue weighted by Crippen LogP contribution is 2.20. The summed E-state index contributed by atoms with van der Waals surface area (Å²) in [5.74, 6) is -1.08. The van der Waals surface area contributed by atoms with Crippen molar-refractivity contribution in [1.29, 1.82) is 0 Å². The van der Waals surface area contributed by atoms with Gasteiger partial charge in [0.2, 0.25) is 0 Å². The lowest BCUT2D eigenvalue weighted by molar-refractivity contribution is -0.138. The molecule has 0 aliphatic carbocycles. The molecule has 1 atom stereocenters. The number of carboxylic acid groups (broad SMARTS) is 1. The molecule has 0 saturated carbocycles. The fourth-order valence-electron chi connectivity index (χ4n) is 0.997. The second-order valence-corrected chi connectivity index (χ2v) is 5.07. The highest BCUT2D eigenvalue weighted by molar-refractivity contribution is 7.13. The van der Waals surface area contributed by atoms with Gasteiger partial charge in [-0.05, 0) is 13.8 Å². The largest absolute Gasteiger partial charge is 0.480 e. The highest BCUT2D eigenvalue weighted by atomic mass is 32.1. The molecule has 0 bridgehead atoms. The summed E-state index contributed by atoms with van der Waals surface area (Å²) < 4.78 is 5.25. The minimum absolute atomic E-state index is 0.305. The summed E-state index contributed by atoms with van der Waals surface area (Å²) in [7, 11) is 1.63. The highest BCUT2D eigenvalue weighted by Gasteiger charge is 2.19. The van der Waals surface area contributed by atoms with Crippen molar-refractivity contribution in [2.45, 2.75) is 25.5 Å². The van der Waals surface area contributed by atoms with Gasteiger partial charge in [-0.25, -0.2) is 4.98 Å². The molecular formula is C10H17N3O3S. The molecule has 1 aromatic rings. The number of anilines is 1. The lowest BCUT2D eigenvalue weighted by atomic mass is 10.1. The Balaban J connectivity index is 2.60. The van der Waals surface area contributed by atoms with Gasteiger partial charge in [-0.1, -0.05) is 0 Å². The molecule has 4 N–H and O–H groups in total. The third kappa shape index (κ3) is 3.95. The average Bonchev–Trinajstić information content (AvgIpc) is 2.74. The number of aliphatic carboxylic acids is 1. The first-order valence-electron chi connectivity index (χ1n) is 5.08. The predicted molar refractivity (Wildman–Crippen MR) is 66.3 cm³/mol. The number of carboxylic acids is 1. The van der Waals surface area contributed by atoms with Crippen molar-refractivity contribution < 1.29 is 14.6 Å². The van der Waals surface area contributed by atoms with Gasteiger partial charge in [0, 0.05) is 19.0 Å². The van der Waals surface area contributed by atoms with Gasteiger partial charge in [0.25, 0.3) is 0 Å². The zero-order valence-electron chi connectivity index (χ0n) is 10.1. The monoisotopic (exact) mass is 259 g/mol. The zero-order valence-corrected chi connectivity index (χ0v) is 10.9. The van der Waals surface area contributed by atoms with Crippen LogP contribution in [-0.4, -0.2) is 35.3 Å². The van der Waals surface area contributed by atoms with Crippen molar-refractivity contribution in [3.8, 4) is 0 Å². The minimum Gasteiger partial charge on any atom is -0.480 e. The summed E-state index contributed by atoms with van der Waals surface area (Å²) >= 11 is 1.33. The number of nitrogens with zero attached hydrogens (tertiary/aromatic N) is 1. The SMILES string of the molecule is COC(C)(C)CNc1nc(C(N)C(=O)O)cs1. The molecule has 0 saturated heterocycles. The van der Waals surface area contributed by atoms with Gasteiger partial charge in [0.1, 0.15) is 6.04 Å². The van der Waals surface area contributed by atoms with Crippen LogP contribution in [0.1, 0.15) is 25.6 Å². The minimum atomic E-state index is -1.08. The van der Waals surface area contributed by atoms with E-state index in [1.54, 1.807) is 12.5 Å². The molecule has 1 heterocycles. The number of ether oxygens (including phenoxy) is 1. The molecule has 0 spiro atoms. The van der Waals surface area contributed by atoms with E-state index in [1.807, 2.05) is 13.8 Å². The standard InChI is InChI=1S/C10H17N3O3S/c1-10(2,16-3)5-12-9-13-6(4-17-9)7(11)8(14)15/h4,7H,5,11H2,1-3H3,(H,12,13)(H,14,15). The van der Waals surface area contributed by atoms with Gasteiger partial charge in [-0.2, -0.15) is 0 Å². The van der Waals surface area contributed by atoms with E-state index in [0.29, 0.717) is 17.4 Å². The first kappa shape index (κ1) is 13.9. The maximum absolute atomic E-state index is 10.7. The van der Waals surface area contributed by atoms with E-state index in [4.69, 9.17) is 15.6 Å². The van der Waals surface area contributed by atoms with Crippen LogP contribution < -0.4 is 11.1 Å². The molecule has 0 amide bonds. The molecule has 1 rings (SSSR count). The number of aromatic nitrogens is 1. The van der Waals surface area contributed by atoms with Crippen LogP contribution in [0.25, 0.3) is 0 Å². The second-order valence-electron chi connectivity index (χ2n) is 4.21. The van der Waals surface area contributed by atoms with Gasteiger partial charge >= 0.3 is 5.97 Å². The van der Waals surface area contributed by atoms with E-state index in [9.17, 15) is 4.79 Å². The van der Waals surface area contributed by atoms with Crippen molar-refractivity contribution in [3.05, 3.63) is 11.1 Å². The predicted octanol–water partition coefficient (Wildman–Crippen LogP) is 1.06. The van der Waals surface area contributed by atoms with Gasteiger partial charge < -0.3 is 20.9 Å². The van der Waals surface area contributed by atoms with Crippen LogP contribution in [0, 0.1) is 0 Å². The summed E-state index contributed by atoms with van der Waals surface area (Å²) in [6, 6.07) is -1.07. The summed E-state index contributed by atoms with van der Waals surface area (Å²) in [5, 5.41) is 14.1. The molecule has 0 fully saturated rings. The van der Waals surface area contributed by atoms with E-state index in [2.05, 4.69) is 10.3 Å². The van der Waals surface area contributed by atoms with Crippen molar-refractivity contribution in [3.63, 3.8) is 0 Å². The van der Waals surface area contributed by atoms with E-state index in [1.165, 1.54) is 11.3 Å². The molecule has 96 valence electrons. The van der Waals surface area contributed by atoms with Crippen LogP contribution in [0.5, 0.6) is 0 Å². The molecule has 1 aromatic heterocycles. The Bertz CT molecular complexity index is 392. The average molecular weight is 259 g/mol. The fourth-order valence-corrected chi connectivity index (χ4v) is 1.74. The molecule has 0 aliphatic heterocycles. The Kier molecular flexibility index (Phi) is 4.44.